The molecule has 1 fully saturated rings. The number of nitrogens with one attached hydrogen (secondary N) is 1. The third-order valence-corrected chi connectivity index (χ3v) is 5.35. The molecule has 6 heteroatoms. The van der Waals surface area contributed by atoms with Gasteiger partial charge in [0, 0.05) is 24.5 Å². The van der Waals surface area contributed by atoms with E-state index in [2.05, 4.69) is 10.2 Å². The third kappa shape index (κ3) is 5.41. The molecule has 1 atom stereocenters. The number of ether oxygens (including phenoxy) is 2. The smallest absolute Gasteiger partial charge is 0.311 e. The van der Waals surface area contributed by atoms with Crippen LogP contribution in [0.4, 0.5) is 11.4 Å². The van der Waals surface area contributed by atoms with Crippen molar-refractivity contribution in [2.24, 2.45) is 0 Å². The average Bonchev–Trinajstić information content (AvgIpc) is 2.80. The molecule has 0 spiro atoms. The van der Waals surface area contributed by atoms with E-state index in [1.165, 1.54) is 0 Å². The SMILES string of the molecule is C[C@@H](OC(=O)Cc1ccc2ccccc2c1)C(=O)Nc1ccc(N2CCOCC2)cc1. The van der Waals surface area contributed by atoms with Crippen LogP contribution in [0.3, 0.4) is 0 Å². The van der Waals surface area contributed by atoms with Crippen LogP contribution in [-0.2, 0) is 25.5 Å². The summed E-state index contributed by atoms with van der Waals surface area (Å²) in [7, 11) is 0. The number of nitrogens with zero attached hydrogens (tertiary/aromatic N) is 1. The van der Waals surface area contributed by atoms with Crippen LogP contribution < -0.4 is 10.2 Å². The fourth-order valence-corrected chi connectivity index (χ4v) is 3.63. The first-order valence-corrected chi connectivity index (χ1v) is 10.5. The number of benzene rings is 3. The van der Waals surface area contributed by atoms with E-state index in [9.17, 15) is 9.59 Å². The molecule has 3 aromatic carbocycles. The Labute approximate surface area is 181 Å². The Bertz CT molecular complexity index is 1060. The minimum atomic E-state index is -0.883. The van der Waals surface area contributed by atoms with Gasteiger partial charge >= 0.3 is 5.97 Å². The van der Waals surface area contributed by atoms with Crippen LogP contribution in [0.1, 0.15) is 12.5 Å². The second-order valence-electron chi connectivity index (χ2n) is 7.63. The number of rotatable bonds is 6. The summed E-state index contributed by atoms with van der Waals surface area (Å²) in [5.41, 5.74) is 2.62. The van der Waals surface area contributed by atoms with Gasteiger partial charge in [-0.15, -0.1) is 0 Å². The molecule has 0 aliphatic carbocycles. The minimum absolute atomic E-state index is 0.122. The van der Waals surface area contributed by atoms with Crippen LogP contribution in [0, 0.1) is 0 Å². The van der Waals surface area contributed by atoms with E-state index in [1.807, 2.05) is 66.7 Å². The number of anilines is 2. The molecule has 31 heavy (non-hydrogen) atoms. The molecule has 160 valence electrons. The molecule has 0 unspecified atom stereocenters. The molecule has 0 bridgehead atoms. The maximum Gasteiger partial charge on any atom is 0.311 e. The molecule has 3 aromatic rings. The van der Waals surface area contributed by atoms with Gasteiger partial charge < -0.3 is 19.7 Å². The Morgan fingerprint density at radius 3 is 2.45 bits per heavy atom. The van der Waals surface area contributed by atoms with Crippen molar-refractivity contribution in [3.63, 3.8) is 0 Å². The van der Waals surface area contributed by atoms with E-state index in [-0.39, 0.29) is 12.3 Å². The van der Waals surface area contributed by atoms with Gasteiger partial charge in [0.15, 0.2) is 6.10 Å². The van der Waals surface area contributed by atoms with Crippen LogP contribution in [0.25, 0.3) is 10.8 Å². The average molecular weight is 418 g/mol. The number of morpholine rings is 1. The first-order chi connectivity index (χ1) is 15.1. The van der Waals surface area contributed by atoms with E-state index in [1.54, 1.807) is 6.92 Å². The van der Waals surface area contributed by atoms with Crippen molar-refractivity contribution in [3.05, 3.63) is 72.3 Å². The summed E-state index contributed by atoms with van der Waals surface area (Å²) < 4.78 is 10.7. The maximum atomic E-state index is 12.4. The predicted molar refractivity (Wildman–Crippen MR) is 121 cm³/mol. The highest BCUT2D eigenvalue weighted by atomic mass is 16.5. The summed E-state index contributed by atoms with van der Waals surface area (Å²) in [5, 5.41) is 4.99. The van der Waals surface area contributed by atoms with Gasteiger partial charge in [0.2, 0.25) is 0 Å². The number of hydrogen-bond acceptors (Lipinski definition) is 5. The first kappa shape index (κ1) is 20.9. The number of esters is 1. The number of carbonyl (C=O) groups excluding carboxylic acids is 2. The van der Waals surface area contributed by atoms with Gasteiger partial charge in [0.25, 0.3) is 5.91 Å². The lowest BCUT2D eigenvalue weighted by molar-refractivity contribution is -0.152. The number of fused-ring (bicyclic) bond motifs is 1. The second-order valence-corrected chi connectivity index (χ2v) is 7.63. The van der Waals surface area contributed by atoms with Crippen LogP contribution in [-0.4, -0.2) is 44.3 Å². The van der Waals surface area contributed by atoms with E-state index in [4.69, 9.17) is 9.47 Å². The molecule has 6 nitrogen and oxygen atoms in total. The molecule has 0 saturated carbocycles. The van der Waals surface area contributed by atoms with Crippen molar-refractivity contribution >= 4 is 34.0 Å². The summed E-state index contributed by atoms with van der Waals surface area (Å²) in [5.74, 6) is -0.786. The Morgan fingerprint density at radius 1 is 1.00 bits per heavy atom. The van der Waals surface area contributed by atoms with Crippen molar-refractivity contribution in [1.29, 1.82) is 0 Å². The van der Waals surface area contributed by atoms with E-state index in [0.29, 0.717) is 5.69 Å². The third-order valence-electron chi connectivity index (χ3n) is 5.35. The van der Waals surface area contributed by atoms with E-state index in [0.717, 1.165) is 48.3 Å². The molecule has 1 aliphatic rings. The van der Waals surface area contributed by atoms with Crippen molar-refractivity contribution in [2.45, 2.75) is 19.4 Å². The molecule has 1 N–H and O–H groups in total. The maximum absolute atomic E-state index is 12.4. The van der Waals surface area contributed by atoms with Gasteiger partial charge in [-0.3, -0.25) is 9.59 Å². The molecular weight excluding hydrogens is 392 g/mol. The van der Waals surface area contributed by atoms with Gasteiger partial charge in [-0.25, -0.2) is 0 Å². The largest absolute Gasteiger partial charge is 0.452 e. The summed E-state index contributed by atoms with van der Waals surface area (Å²) in [6.07, 6.45) is -0.761. The van der Waals surface area contributed by atoms with Crippen molar-refractivity contribution in [3.8, 4) is 0 Å². The zero-order valence-corrected chi connectivity index (χ0v) is 17.5. The molecule has 1 aliphatic heterocycles. The molecule has 0 aromatic heterocycles. The van der Waals surface area contributed by atoms with Crippen LogP contribution in [0.5, 0.6) is 0 Å². The molecular formula is C25H26N2O4. The van der Waals surface area contributed by atoms with Crippen LogP contribution >= 0.6 is 0 Å². The zero-order chi connectivity index (χ0) is 21.6. The van der Waals surface area contributed by atoms with E-state index < -0.39 is 12.1 Å². The first-order valence-electron chi connectivity index (χ1n) is 10.5. The predicted octanol–water partition coefficient (Wildman–Crippen LogP) is 3.79. The lowest BCUT2D eigenvalue weighted by Crippen LogP contribution is -2.36. The van der Waals surface area contributed by atoms with Gasteiger partial charge in [-0.1, -0.05) is 42.5 Å². The second kappa shape index (κ2) is 9.62. The van der Waals surface area contributed by atoms with Gasteiger partial charge in [0.05, 0.1) is 19.6 Å². The molecule has 1 saturated heterocycles. The number of hydrogen-bond donors (Lipinski definition) is 1. The monoisotopic (exact) mass is 418 g/mol. The topological polar surface area (TPSA) is 67.9 Å². The van der Waals surface area contributed by atoms with Crippen molar-refractivity contribution in [1.82, 2.24) is 0 Å². The summed E-state index contributed by atoms with van der Waals surface area (Å²) >= 11 is 0. The highest BCUT2D eigenvalue weighted by Gasteiger charge is 2.19. The fraction of sp³-hybridized carbons (Fsp3) is 0.280. The van der Waals surface area contributed by atoms with Crippen LogP contribution in [0.2, 0.25) is 0 Å². The van der Waals surface area contributed by atoms with Crippen molar-refractivity contribution in [2.75, 3.05) is 36.5 Å². The highest BCUT2D eigenvalue weighted by Crippen LogP contribution is 2.20. The normalized spacial score (nSPS) is 14.8. The lowest BCUT2D eigenvalue weighted by Gasteiger charge is -2.28. The van der Waals surface area contributed by atoms with Gasteiger partial charge in [0.1, 0.15) is 0 Å². The van der Waals surface area contributed by atoms with Gasteiger partial charge in [-0.2, -0.15) is 0 Å². The number of amides is 1. The Hall–Kier alpha value is -3.38. The summed E-state index contributed by atoms with van der Waals surface area (Å²) in [6.45, 7) is 4.74. The standard InChI is InChI=1S/C25H26N2O4/c1-18(31-24(28)17-19-6-7-20-4-2-3-5-21(20)16-19)25(29)26-22-8-10-23(11-9-22)27-12-14-30-15-13-27/h2-11,16,18H,12-15,17H2,1H3,(H,26,29)/t18-/m1/s1. The quantitative estimate of drug-likeness (QED) is 0.617. The molecule has 0 radical (unpaired) electrons. The lowest BCUT2D eigenvalue weighted by atomic mass is 10.1. The Kier molecular flexibility index (Phi) is 6.48. The summed E-state index contributed by atoms with van der Waals surface area (Å²) in [4.78, 5) is 27.0. The summed E-state index contributed by atoms with van der Waals surface area (Å²) in [6, 6.07) is 21.5. The Morgan fingerprint density at radius 2 is 1.71 bits per heavy atom. The zero-order valence-electron chi connectivity index (χ0n) is 17.5. The van der Waals surface area contributed by atoms with E-state index >= 15 is 0 Å². The molecule has 4 rings (SSSR count). The Balaban J connectivity index is 1.29. The molecule has 1 amide bonds. The highest BCUT2D eigenvalue weighted by molar-refractivity contribution is 5.95. The minimum Gasteiger partial charge on any atom is -0.452 e. The fourth-order valence-electron chi connectivity index (χ4n) is 3.63. The number of carbonyl (C=O) groups is 2. The molecule has 1 heterocycles. The van der Waals surface area contributed by atoms with Crippen molar-refractivity contribution < 1.29 is 19.1 Å². The van der Waals surface area contributed by atoms with Crippen LogP contribution in [0.15, 0.2) is 66.7 Å². The van der Waals surface area contributed by atoms with Gasteiger partial charge in [-0.05, 0) is 47.5 Å².